The van der Waals surface area contributed by atoms with Gasteiger partial charge in [0.15, 0.2) is 5.82 Å². The number of halogens is 2. The van der Waals surface area contributed by atoms with Gasteiger partial charge in [0.2, 0.25) is 23.0 Å². The summed E-state index contributed by atoms with van der Waals surface area (Å²) in [7, 11) is 1.33. The third-order valence-electron chi connectivity index (χ3n) is 13.0. The number of hydrogen-bond acceptors (Lipinski definition) is 12. The van der Waals surface area contributed by atoms with Gasteiger partial charge < -0.3 is 45.2 Å². The Kier molecular flexibility index (Phi) is 16.3. The number of nitrogens with one attached hydrogen (secondary N) is 2. The maximum atomic E-state index is 16.4. The molecule has 2 saturated heterocycles. The first-order chi connectivity index (χ1) is 32.2. The number of nitrogens with two attached hydrogens (primary N) is 1. The van der Waals surface area contributed by atoms with Crippen LogP contribution >= 0.6 is 22.9 Å². The monoisotopic (exact) mass is 968 g/mol. The van der Waals surface area contributed by atoms with E-state index in [1.165, 1.54) is 29.5 Å². The summed E-state index contributed by atoms with van der Waals surface area (Å²) in [6.07, 6.45) is 11.8. The molecule has 20 heteroatoms. The number of amides is 4. The second kappa shape index (κ2) is 22.1. The molecule has 3 fully saturated rings. The minimum Gasteiger partial charge on any atom is -0.477 e. The van der Waals surface area contributed by atoms with Crippen molar-refractivity contribution in [3.63, 3.8) is 0 Å². The highest BCUT2D eigenvalue weighted by Crippen LogP contribution is 2.44. The summed E-state index contributed by atoms with van der Waals surface area (Å²) in [5, 5.41) is 17.3. The van der Waals surface area contributed by atoms with Crippen LogP contribution < -0.4 is 26.7 Å². The van der Waals surface area contributed by atoms with Crippen molar-refractivity contribution in [2.45, 2.75) is 133 Å². The summed E-state index contributed by atoms with van der Waals surface area (Å²) in [5.74, 6) is -4.11. The standard InChI is InChI=1S/C47H58ClFN6O11S/c1-64-47(52-37(57)23-31-14-12-22-67-31)35-19-16-28(27-66-46(50)63)40(55(35)45(47)62)44(61)65-21-11-7-5-3-2-4-6-8-15-36(56)51-29-13-9-10-20-53(25-29)41-33(48)24-34-38(39(41)49)42(58)32(43(59)60)26-54(34)30-17-18-30/h12,14,22,24,26,29-30,35H,2-11,13,15-21,23,25,27H2,1H3,(H2,50,63)(H,51,56)(H,52,57)(H,59,60)/t29-,35+,47+/m0/s1. The molecule has 67 heavy (non-hydrogen) atoms. The van der Waals surface area contributed by atoms with E-state index in [4.69, 9.17) is 31.5 Å². The number of pyridine rings is 1. The number of methoxy groups -OCH3 is 1. The largest absolute Gasteiger partial charge is 0.477 e. The van der Waals surface area contributed by atoms with Gasteiger partial charge in [0.25, 0.3) is 5.91 Å². The molecule has 3 aliphatic heterocycles. The number of primary amides is 1. The third kappa shape index (κ3) is 11.3. The predicted octanol–water partition coefficient (Wildman–Crippen LogP) is 6.47. The molecule has 0 spiro atoms. The van der Waals surface area contributed by atoms with E-state index in [0.29, 0.717) is 50.8 Å². The lowest BCUT2D eigenvalue weighted by molar-refractivity contribution is -0.206. The van der Waals surface area contributed by atoms with Crippen molar-refractivity contribution in [2.24, 2.45) is 5.73 Å². The number of unbranched alkanes of at least 4 members (excludes halogenated alkanes) is 7. The molecular formula is C47H58ClFN6O11S. The predicted molar refractivity (Wildman–Crippen MR) is 247 cm³/mol. The first-order valence-electron chi connectivity index (χ1n) is 23.1. The van der Waals surface area contributed by atoms with Crippen molar-refractivity contribution < 1.29 is 52.5 Å². The average Bonchev–Trinajstić information content (AvgIpc) is 4.06. The molecule has 7 rings (SSSR count). The number of aromatic carboxylic acids is 1. The lowest BCUT2D eigenvalue weighted by Gasteiger charge is -2.56. The van der Waals surface area contributed by atoms with Gasteiger partial charge in [-0.05, 0) is 80.9 Å². The van der Waals surface area contributed by atoms with Crippen molar-refractivity contribution in [2.75, 3.05) is 38.3 Å². The van der Waals surface area contributed by atoms with E-state index >= 15 is 4.39 Å². The van der Waals surface area contributed by atoms with E-state index in [1.54, 1.807) is 15.5 Å². The van der Waals surface area contributed by atoms with Gasteiger partial charge in [-0.15, -0.1) is 11.3 Å². The normalized spacial score (nSPS) is 20.5. The number of fused-ring (bicyclic) bond motifs is 2. The first-order valence-corrected chi connectivity index (χ1v) is 24.4. The van der Waals surface area contributed by atoms with Crippen LogP contribution in [0.15, 0.2) is 45.8 Å². The highest BCUT2D eigenvalue weighted by molar-refractivity contribution is 7.10. The van der Waals surface area contributed by atoms with Gasteiger partial charge in [0, 0.05) is 49.8 Å². The Hall–Kier alpha value is -5.53. The van der Waals surface area contributed by atoms with Gasteiger partial charge in [-0.25, -0.2) is 18.8 Å². The fourth-order valence-electron chi connectivity index (χ4n) is 9.50. The van der Waals surface area contributed by atoms with E-state index in [9.17, 15) is 38.7 Å². The Bertz CT molecular complexity index is 2460. The molecule has 4 amide bonds. The molecule has 17 nitrogen and oxygen atoms in total. The van der Waals surface area contributed by atoms with E-state index < -0.39 is 58.4 Å². The van der Waals surface area contributed by atoms with Crippen LogP contribution in [-0.2, 0) is 39.8 Å². The number of β-lactam (4-membered cyclic amide) rings is 1. The van der Waals surface area contributed by atoms with Crippen LogP contribution in [0, 0.1) is 5.82 Å². The fraction of sp³-hybridized carbons (Fsp3) is 0.553. The molecule has 3 atom stereocenters. The fourth-order valence-corrected chi connectivity index (χ4v) is 10.5. The van der Waals surface area contributed by atoms with Crippen LogP contribution in [-0.4, -0.2) is 102 Å². The number of rotatable bonds is 22. The zero-order valence-electron chi connectivity index (χ0n) is 37.6. The zero-order chi connectivity index (χ0) is 47.8. The van der Waals surface area contributed by atoms with Crippen LogP contribution in [0.25, 0.3) is 10.9 Å². The number of carboxylic acids is 1. The summed E-state index contributed by atoms with van der Waals surface area (Å²) in [4.78, 5) is 93.5. The Labute approximate surface area is 396 Å². The van der Waals surface area contributed by atoms with E-state index in [1.807, 2.05) is 17.5 Å². The molecule has 5 heterocycles. The highest BCUT2D eigenvalue weighted by Gasteiger charge is 2.66. The topological polar surface area (TPSA) is 229 Å². The Morgan fingerprint density at radius 1 is 0.985 bits per heavy atom. The summed E-state index contributed by atoms with van der Waals surface area (Å²) in [5.41, 5.74) is 2.85. The minimum absolute atomic E-state index is 0.0191. The number of carbonyl (C=O) groups is 6. The lowest BCUT2D eigenvalue weighted by atomic mass is 9.80. The number of hydrogen-bond donors (Lipinski definition) is 4. The minimum atomic E-state index is -1.65. The zero-order valence-corrected chi connectivity index (χ0v) is 39.2. The quantitative estimate of drug-likeness (QED) is 0.0368. The van der Waals surface area contributed by atoms with Crippen LogP contribution in [0.2, 0.25) is 5.02 Å². The van der Waals surface area contributed by atoms with Crippen molar-refractivity contribution in [1.29, 1.82) is 0 Å². The smallest absolute Gasteiger partial charge is 0.404 e. The van der Waals surface area contributed by atoms with Crippen molar-refractivity contribution in [3.05, 3.63) is 72.5 Å². The Morgan fingerprint density at radius 3 is 2.39 bits per heavy atom. The maximum Gasteiger partial charge on any atom is 0.404 e. The average molecular weight is 970 g/mol. The summed E-state index contributed by atoms with van der Waals surface area (Å²) >= 11 is 8.12. The van der Waals surface area contributed by atoms with Crippen LogP contribution in [0.1, 0.15) is 124 Å². The molecule has 1 aliphatic carbocycles. The number of nitrogens with zero attached hydrogens (tertiary/aromatic N) is 3. The van der Waals surface area contributed by atoms with Crippen molar-refractivity contribution in [3.8, 4) is 0 Å². The molecule has 1 saturated carbocycles. The summed E-state index contributed by atoms with van der Waals surface area (Å²) in [6, 6.07) is 4.23. The van der Waals surface area contributed by atoms with Gasteiger partial charge >= 0.3 is 18.0 Å². The Balaban J connectivity index is 0.814. The van der Waals surface area contributed by atoms with E-state index in [-0.39, 0.29) is 71.4 Å². The maximum absolute atomic E-state index is 16.4. The summed E-state index contributed by atoms with van der Waals surface area (Å²) < 4.78 is 34.2. The number of benzene rings is 1. The highest BCUT2D eigenvalue weighted by atomic mass is 35.5. The molecule has 1 aromatic carbocycles. The number of anilines is 1. The summed E-state index contributed by atoms with van der Waals surface area (Å²) in [6.45, 7) is 0.570. The molecule has 0 bridgehead atoms. The number of thiophene rings is 1. The molecule has 0 radical (unpaired) electrons. The van der Waals surface area contributed by atoms with Gasteiger partial charge in [-0.2, -0.15) is 0 Å². The van der Waals surface area contributed by atoms with E-state index in [0.717, 1.165) is 69.1 Å². The number of carboxylic acid groups (broad SMARTS) is 1. The molecule has 3 aromatic rings. The second-order valence-electron chi connectivity index (χ2n) is 17.7. The molecular weight excluding hydrogens is 911 g/mol. The van der Waals surface area contributed by atoms with Crippen molar-refractivity contribution >= 4 is 75.3 Å². The first kappa shape index (κ1) is 49.4. The van der Waals surface area contributed by atoms with E-state index in [2.05, 4.69) is 10.6 Å². The molecule has 4 aliphatic rings. The van der Waals surface area contributed by atoms with Crippen LogP contribution in [0.5, 0.6) is 0 Å². The number of carbonyl (C=O) groups excluding carboxylic acids is 5. The number of ether oxygens (including phenoxy) is 3. The van der Waals surface area contributed by atoms with Gasteiger partial charge in [0.05, 0.1) is 40.7 Å². The van der Waals surface area contributed by atoms with Crippen LogP contribution in [0.4, 0.5) is 14.9 Å². The molecule has 362 valence electrons. The molecule has 2 aromatic heterocycles. The van der Waals surface area contributed by atoms with Crippen LogP contribution in [0.3, 0.4) is 0 Å². The van der Waals surface area contributed by atoms with Gasteiger partial charge in [-0.1, -0.05) is 56.2 Å². The van der Waals surface area contributed by atoms with Gasteiger partial charge in [0.1, 0.15) is 17.9 Å². The number of esters is 1. The van der Waals surface area contributed by atoms with Gasteiger partial charge in [-0.3, -0.25) is 24.1 Å². The Morgan fingerprint density at radius 2 is 1.72 bits per heavy atom. The van der Waals surface area contributed by atoms with Crippen molar-refractivity contribution in [1.82, 2.24) is 20.1 Å². The third-order valence-corrected chi connectivity index (χ3v) is 14.2. The SMILES string of the molecule is CO[C@@]1(NC(=O)Cc2cccs2)C(=O)N2C(C(=O)OCCCCCCCCCCC(=O)N[C@H]3CCCCN(c4c(Cl)cc5c(c4F)c(=O)c(C(=O)O)cn5C4CC4)C3)=C(COC(N)=O)CC[C@@H]21. The lowest BCUT2D eigenvalue weighted by Crippen LogP contribution is -2.81. The number of aromatic nitrogens is 1. The molecule has 5 N–H and O–H groups in total. The molecule has 0 unspecified atom stereocenters. The second-order valence-corrected chi connectivity index (χ2v) is 19.1.